The molecule has 1 aliphatic heterocycles. The van der Waals surface area contributed by atoms with Gasteiger partial charge in [-0.25, -0.2) is 4.98 Å². The first-order valence-corrected chi connectivity index (χ1v) is 10.6. The largest absolute Gasteiger partial charge is 0.337 e. The third-order valence-corrected chi connectivity index (χ3v) is 7.91. The zero-order valence-electron chi connectivity index (χ0n) is 13.9. The van der Waals surface area contributed by atoms with Gasteiger partial charge in [-0.2, -0.15) is 0 Å². The number of hydrogen-bond acceptors (Lipinski definition) is 3. The Kier molecular flexibility index (Phi) is 6.12. The smallest absolute Gasteiger partial charge is 0.0945 e. The van der Waals surface area contributed by atoms with Crippen molar-refractivity contribution >= 4 is 23.5 Å². The summed E-state index contributed by atoms with van der Waals surface area (Å²) in [6.07, 6.45) is 12.0. The molecule has 1 saturated heterocycles. The third-order valence-electron chi connectivity index (χ3n) is 4.38. The second kappa shape index (κ2) is 8.29. The number of benzene rings is 1. The van der Waals surface area contributed by atoms with Gasteiger partial charge in [0.15, 0.2) is 0 Å². The summed E-state index contributed by atoms with van der Waals surface area (Å²) in [6.45, 7) is 3.33. The minimum Gasteiger partial charge on any atom is -0.337 e. The van der Waals surface area contributed by atoms with Crippen LogP contribution in [0, 0.1) is 0 Å². The molecule has 0 aliphatic carbocycles. The van der Waals surface area contributed by atoms with Crippen molar-refractivity contribution < 1.29 is 0 Å². The lowest BCUT2D eigenvalue weighted by Gasteiger charge is -2.27. The Morgan fingerprint density at radius 3 is 2.52 bits per heavy atom. The average Bonchev–Trinajstić information content (AvgIpc) is 3.22. The summed E-state index contributed by atoms with van der Waals surface area (Å²) in [5, 5.41) is 0. The molecule has 1 aliphatic rings. The number of rotatable bonds is 8. The summed E-state index contributed by atoms with van der Waals surface area (Å²) in [5.74, 6) is 2.59. The predicted octanol–water partition coefficient (Wildman–Crippen LogP) is 5.03. The molecule has 0 unspecified atom stereocenters. The van der Waals surface area contributed by atoms with Gasteiger partial charge in [-0.1, -0.05) is 37.6 Å². The third kappa shape index (κ3) is 4.80. The molecule has 3 rings (SSSR count). The molecule has 1 fully saturated rings. The highest BCUT2D eigenvalue weighted by Gasteiger charge is 2.35. The van der Waals surface area contributed by atoms with Crippen LogP contribution in [0.2, 0.25) is 0 Å². The molecular formula is C19H26N2S2. The maximum Gasteiger partial charge on any atom is 0.0945 e. The summed E-state index contributed by atoms with van der Waals surface area (Å²) in [4.78, 5) is 4.13. The van der Waals surface area contributed by atoms with Crippen molar-refractivity contribution in [3.63, 3.8) is 0 Å². The van der Waals surface area contributed by atoms with Crippen molar-refractivity contribution in [2.24, 2.45) is 0 Å². The van der Waals surface area contributed by atoms with Crippen LogP contribution in [0.25, 0.3) is 0 Å². The first kappa shape index (κ1) is 17.0. The molecule has 2 aromatic rings. The lowest BCUT2D eigenvalue weighted by Crippen LogP contribution is -2.21. The van der Waals surface area contributed by atoms with Gasteiger partial charge in [0.25, 0.3) is 0 Å². The van der Waals surface area contributed by atoms with Crippen molar-refractivity contribution in [1.82, 2.24) is 9.55 Å². The van der Waals surface area contributed by atoms with E-state index in [0.29, 0.717) is 4.08 Å². The lowest BCUT2D eigenvalue weighted by atomic mass is 10.0. The van der Waals surface area contributed by atoms with Crippen LogP contribution in [0.4, 0.5) is 0 Å². The van der Waals surface area contributed by atoms with Gasteiger partial charge >= 0.3 is 0 Å². The Balaban J connectivity index is 1.58. The summed E-state index contributed by atoms with van der Waals surface area (Å²) in [5.41, 5.74) is 2.96. The zero-order valence-corrected chi connectivity index (χ0v) is 15.5. The van der Waals surface area contributed by atoms with E-state index < -0.39 is 0 Å². The molecule has 4 heteroatoms. The van der Waals surface area contributed by atoms with Crippen LogP contribution in [0.5, 0.6) is 0 Å². The van der Waals surface area contributed by atoms with Crippen LogP contribution in [0.15, 0.2) is 43.0 Å². The van der Waals surface area contributed by atoms with Gasteiger partial charge in [0.2, 0.25) is 0 Å². The molecule has 23 heavy (non-hydrogen) atoms. The standard InChI is InChI=1S/C19H26N2S2/c1-2-4-17-5-7-18(8-6-17)15-19(22-13-14-23-19)9-3-11-21-12-10-20-16-21/h5-8,10,12,16H,2-4,9,11,13-15H2,1H3. The van der Waals surface area contributed by atoms with Gasteiger partial charge in [-0.05, 0) is 36.8 Å². The lowest BCUT2D eigenvalue weighted by molar-refractivity contribution is 0.578. The van der Waals surface area contributed by atoms with E-state index in [1.54, 1.807) is 0 Å². The van der Waals surface area contributed by atoms with Crippen molar-refractivity contribution in [2.45, 2.75) is 49.7 Å². The van der Waals surface area contributed by atoms with Gasteiger partial charge in [-0.3, -0.25) is 0 Å². The molecule has 124 valence electrons. The summed E-state index contributed by atoms with van der Waals surface area (Å²) in [7, 11) is 0. The molecule has 0 saturated carbocycles. The van der Waals surface area contributed by atoms with Crippen molar-refractivity contribution in [3.05, 3.63) is 54.1 Å². The molecule has 2 heterocycles. The molecule has 0 N–H and O–H groups in total. The fourth-order valence-electron chi connectivity index (χ4n) is 3.21. The van der Waals surface area contributed by atoms with E-state index in [1.807, 2.05) is 12.5 Å². The number of hydrogen-bond donors (Lipinski definition) is 0. The molecule has 0 amide bonds. The molecular weight excluding hydrogens is 320 g/mol. The fraction of sp³-hybridized carbons (Fsp3) is 0.526. The zero-order chi connectivity index (χ0) is 16.0. The first-order valence-electron chi connectivity index (χ1n) is 8.61. The second-order valence-electron chi connectivity index (χ2n) is 6.25. The van der Waals surface area contributed by atoms with Crippen LogP contribution in [-0.2, 0) is 19.4 Å². The molecule has 1 aromatic carbocycles. The van der Waals surface area contributed by atoms with Crippen LogP contribution >= 0.6 is 23.5 Å². The summed E-state index contributed by atoms with van der Waals surface area (Å²) >= 11 is 4.35. The summed E-state index contributed by atoms with van der Waals surface area (Å²) in [6, 6.07) is 9.34. The van der Waals surface area contributed by atoms with E-state index in [2.05, 4.69) is 70.5 Å². The Morgan fingerprint density at radius 1 is 1.13 bits per heavy atom. The second-order valence-corrected chi connectivity index (χ2v) is 9.47. The SMILES string of the molecule is CCCc1ccc(CC2(CCCn3ccnc3)SCCS2)cc1. The number of aryl methyl sites for hydroxylation is 2. The molecule has 0 atom stereocenters. The van der Waals surface area contributed by atoms with Crippen LogP contribution in [0.3, 0.4) is 0 Å². The maximum atomic E-state index is 4.13. The van der Waals surface area contributed by atoms with Gasteiger partial charge in [0.1, 0.15) is 0 Å². The normalized spacial score (nSPS) is 16.7. The van der Waals surface area contributed by atoms with Gasteiger partial charge in [0, 0.05) is 30.4 Å². The molecule has 2 nitrogen and oxygen atoms in total. The molecule has 1 aromatic heterocycles. The fourth-order valence-corrected chi connectivity index (χ4v) is 6.56. The maximum absolute atomic E-state index is 4.13. The van der Waals surface area contributed by atoms with Gasteiger partial charge < -0.3 is 4.57 Å². The molecule has 0 bridgehead atoms. The van der Waals surface area contributed by atoms with Crippen LogP contribution in [0.1, 0.15) is 37.3 Å². The highest BCUT2D eigenvalue weighted by atomic mass is 32.2. The number of aromatic nitrogens is 2. The van der Waals surface area contributed by atoms with E-state index in [-0.39, 0.29) is 0 Å². The van der Waals surface area contributed by atoms with Crippen molar-refractivity contribution in [3.8, 4) is 0 Å². The Labute approximate surface area is 148 Å². The highest BCUT2D eigenvalue weighted by Crippen LogP contribution is 2.49. The summed E-state index contributed by atoms with van der Waals surface area (Å²) < 4.78 is 2.57. The van der Waals surface area contributed by atoms with E-state index in [1.165, 1.54) is 54.7 Å². The Bertz CT molecular complexity index is 572. The Morgan fingerprint density at radius 2 is 1.87 bits per heavy atom. The van der Waals surface area contributed by atoms with Gasteiger partial charge in [-0.15, -0.1) is 23.5 Å². The van der Waals surface area contributed by atoms with E-state index in [4.69, 9.17) is 0 Å². The number of thioether (sulfide) groups is 2. The van der Waals surface area contributed by atoms with Crippen LogP contribution in [-0.4, -0.2) is 25.1 Å². The Hall–Kier alpha value is -0.870. The number of nitrogens with zero attached hydrogens (tertiary/aromatic N) is 2. The predicted molar refractivity (Wildman–Crippen MR) is 103 cm³/mol. The van der Waals surface area contributed by atoms with Crippen LogP contribution < -0.4 is 0 Å². The van der Waals surface area contributed by atoms with E-state index >= 15 is 0 Å². The first-order chi connectivity index (χ1) is 11.3. The quantitative estimate of drug-likeness (QED) is 0.667. The van der Waals surface area contributed by atoms with Gasteiger partial charge in [0.05, 0.1) is 10.4 Å². The monoisotopic (exact) mass is 346 g/mol. The average molecular weight is 347 g/mol. The van der Waals surface area contributed by atoms with Crippen molar-refractivity contribution in [2.75, 3.05) is 11.5 Å². The minimum atomic E-state index is 0.382. The van der Waals surface area contributed by atoms with E-state index in [0.717, 1.165) is 6.54 Å². The topological polar surface area (TPSA) is 17.8 Å². The van der Waals surface area contributed by atoms with E-state index in [9.17, 15) is 0 Å². The molecule has 0 radical (unpaired) electrons. The number of imidazole rings is 1. The molecule has 0 spiro atoms. The van der Waals surface area contributed by atoms with Crippen molar-refractivity contribution in [1.29, 1.82) is 0 Å². The minimum absolute atomic E-state index is 0.382. The highest BCUT2D eigenvalue weighted by molar-refractivity contribution is 8.21.